The van der Waals surface area contributed by atoms with Crippen molar-refractivity contribution in [3.63, 3.8) is 0 Å². The smallest absolute Gasteiger partial charge is 0.216 e. The molecule has 4 heteroatoms. The highest BCUT2D eigenvalue weighted by Gasteiger charge is 2.28. The van der Waals surface area contributed by atoms with Crippen molar-refractivity contribution in [1.82, 2.24) is 10.6 Å². The summed E-state index contributed by atoms with van der Waals surface area (Å²) in [7, 11) is 0. The molecule has 1 heterocycles. The van der Waals surface area contributed by atoms with Gasteiger partial charge in [-0.2, -0.15) is 0 Å². The van der Waals surface area contributed by atoms with Crippen LogP contribution in [0, 0.1) is 18.7 Å². The normalized spacial score (nSPS) is 17.9. The van der Waals surface area contributed by atoms with E-state index in [1.807, 2.05) is 31.2 Å². The van der Waals surface area contributed by atoms with E-state index in [1.165, 1.54) is 0 Å². The molecule has 0 radical (unpaired) electrons. The Balaban J connectivity index is 1.94. The molecule has 1 amide bonds. The summed E-state index contributed by atoms with van der Waals surface area (Å²) in [6.07, 6.45) is 4.14. The average molecular weight is 383 g/mol. The maximum atomic E-state index is 15.0. The first-order valence-electron chi connectivity index (χ1n) is 10.4. The van der Waals surface area contributed by atoms with Crippen LogP contribution in [-0.2, 0) is 4.79 Å². The fourth-order valence-corrected chi connectivity index (χ4v) is 4.41. The Hall–Kier alpha value is -2.20. The third-order valence-corrected chi connectivity index (χ3v) is 5.72. The first-order valence-corrected chi connectivity index (χ1v) is 10.4. The Morgan fingerprint density at radius 1 is 1.29 bits per heavy atom. The number of nitrogens with one attached hydrogen (secondary N) is 2. The molecule has 0 unspecified atom stereocenters. The molecule has 1 aliphatic rings. The van der Waals surface area contributed by atoms with E-state index in [1.54, 1.807) is 13.0 Å². The van der Waals surface area contributed by atoms with E-state index in [-0.39, 0.29) is 17.6 Å². The zero-order valence-electron chi connectivity index (χ0n) is 16.9. The third kappa shape index (κ3) is 5.20. The number of piperidine rings is 1. The van der Waals surface area contributed by atoms with Gasteiger partial charge in [0.15, 0.2) is 0 Å². The van der Waals surface area contributed by atoms with Crippen molar-refractivity contribution in [3.8, 4) is 11.1 Å². The molecule has 0 aliphatic carbocycles. The molecule has 2 N–H and O–H groups in total. The standard InChI is InChI=1S/C24H31FN2O/c1-17-7-3-8-19(15-17)24-22(10-4-12-23(24)25)21(11-6-14-27-18(2)28)20-9-5-13-26-16-20/h3-4,7-8,10,12,15,20-21,26H,5-6,9,11,13-14,16H2,1-2H3,(H,27,28)/t20-,21-/m1/s1. The van der Waals surface area contributed by atoms with Crippen molar-refractivity contribution in [1.29, 1.82) is 0 Å². The highest BCUT2D eigenvalue weighted by Crippen LogP contribution is 2.40. The number of carbonyl (C=O) groups excluding carboxylic acids is 1. The number of amides is 1. The van der Waals surface area contributed by atoms with Gasteiger partial charge in [-0.15, -0.1) is 0 Å². The predicted octanol–water partition coefficient (Wildman–Crippen LogP) is 4.80. The second-order valence-electron chi connectivity index (χ2n) is 7.91. The van der Waals surface area contributed by atoms with Crippen LogP contribution >= 0.6 is 0 Å². The van der Waals surface area contributed by atoms with Crippen LogP contribution in [0.25, 0.3) is 11.1 Å². The molecule has 2 aromatic rings. The SMILES string of the molecule is CC(=O)NCCC[C@@H](c1cccc(F)c1-c1cccc(C)c1)[C@@H]1CCCNC1. The summed E-state index contributed by atoms with van der Waals surface area (Å²) in [4.78, 5) is 11.2. The molecule has 2 aromatic carbocycles. The van der Waals surface area contributed by atoms with Gasteiger partial charge in [0.2, 0.25) is 5.91 Å². The molecular weight excluding hydrogens is 351 g/mol. The van der Waals surface area contributed by atoms with E-state index in [4.69, 9.17) is 0 Å². The molecule has 2 atom stereocenters. The van der Waals surface area contributed by atoms with Crippen LogP contribution in [0.2, 0.25) is 0 Å². The van der Waals surface area contributed by atoms with E-state index in [0.29, 0.717) is 12.5 Å². The second-order valence-corrected chi connectivity index (χ2v) is 7.91. The predicted molar refractivity (Wildman–Crippen MR) is 113 cm³/mol. The van der Waals surface area contributed by atoms with Crippen LogP contribution in [0.15, 0.2) is 42.5 Å². The Labute approximate surface area is 167 Å². The molecule has 1 saturated heterocycles. The largest absolute Gasteiger partial charge is 0.356 e. The fourth-order valence-electron chi connectivity index (χ4n) is 4.41. The van der Waals surface area contributed by atoms with Crippen LogP contribution in [-0.4, -0.2) is 25.5 Å². The highest BCUT2D eigenvalue weighted by atomic mass is 19.1. The first-order chi connectivity index (χ1) is 13.6. The van der Waals surface area contributed by atoms with E-state index < -0.39 is 0 Å². The quantitative estimate of drug-likeness (QED) is 0.675. The summed E-state index contributed by atoms with van der Waals surface area (Å²) in [6.45, 7) is 6.28. The van der Waals surface area contributed by atoms with Gasteiger partial charge < -0.3 is 10.6 Å². The third-order valence-electron chi connectivity index (χ3n) is 5.72. The zero-order chi connectivity index (χ0) is 19.9. The number of benzene rings is 2. The maximum Gasteiger partial charge on any atom is 0.216 e. The summed E-state index contributed by atoms with van der Waals surface area (Å²) >= 11 is 0. The first kappa shape index (κ1) is 20.5. The van der Waals surface area contributed by atoms with Crippen LogP contribution in [0.4, 0.5) is 4.39 Å². The minimum atomic E-state index is -0.154. The Morgan fingerprint density at radius 3 is 2.82 bits per heavy atom. The van der Waals surface area contributed by atoms with Gasteiger partial charge in [0.25, 0.3) is 0 Å². The van der Waals surface area contributed by atoms with Crippen LogP contribution in [0.5, 0.6) is 0 Å². The van der Waals surface area contributed by atoms with Crippen molar-refractivity contribution in [2.45, 2.75) is 45.4 Å². The molecule has 0 bridgehead atoms. The number of halogens is 1. The van der Waals surface area contributed by atoms with Crippen molar-refractivity contribution in [3.05, 3.63) is 59.4 Å². The Bertz CT molecular complexity index is 799. The van der Waals surface area contributed by atoms with Crippen molar-refractivity contribution in [2.75, 3.05) is 19.6 Å². The van der Waals surface area contributed by atoms with Crippen molar-refractivity contribution < 1.29 is 9.18 Å². The van der Waals surface area contributed by atoms with E-state index in [0.717, 1.165) is 61.0 Å². The number of aryl methyl sites for hydroxylation is 1. The van der Waals surface area contributed by atoms with Gasteiger partial charge in [-0.25, -0.2) is 4.39 Å². The highest BCUT2D eigenvalue weighted by molar-refractivity contribution is 5.72. The van der Waals surface area contributed by atoms with Crippen molar-refractivity contribution >= 4 is 5.91 Å². The lowest BCUT2D eigenvalue weighted by atomic mass is 9.76. The van der Waals surface area contributed by atoms with Gasteiger partial charge in [-0.1, -0.05) is 42.0 Å². The molecule has 0 spiro atoms. The molecule has 28 heavy (non-hydrogen) atoms. The lowest BCUT2D eigenvalue weighted by molar-refractivity contribution is -0.118. The monoisotopic (exact) mass is 382 g/mol. The molecule has 1 fully saturated rings. The number of hydrogen-bond acceptors (Lipinski definition) is 2. The number of carbonyl (C=O) groups is 1. The second kappa shape index (κ2) is 9.83. The number of hydrogen-bond donors (Lipinski definition) is 2. The van der Waals surface area contributed by atoms with Gasteiger partial charge in [0.05, 0.1) is 0 Å². The average Bonchev–Trinajstić information content (AvgIpc) is 2.68. The molecule has 0 aromatic heterocycles. The van der Waals surface area contributed by atoms with Gasteiger partial charge in [0.1, 0.15) is 5.82 Å². The van der Waals surface area contributed by atoms with Crippen LogP contribution < -0.4 is 10.6 Å². The lowest BCUT2D eigenvalue weighted by Gasteiger charge is -2.33. The molecule has 3 nitrogen and oxygen atoms in total. The molecular formula is C24H31FN2O. The fraction of sp³-hybridized carbons (Fsp3) is 0.458. The van der Waals surface area contributed by atoms with E-state index in [2.05, 4.69) is 22.8 Å². The summed E-state index contributed by atoms with van der Waals surface area (Å²) in [5, 5.41) is 6.40. The summed E-state index contributed by atoms with van der Waals surface area (Å²) in [6, 6.07) is 13.6. The summed E-state index contributed by atoms with van der Waals surface area (Å²) in [5.41, 5.74) is 3.92. The maximum absolute atomic E-state index is 15.0. The van der Waals surface area contributed by atoms with Crippen LogP contribution in [0.3, 0.4) is 0 Å². The minimum absolute atomic E-state index is 0.00193. The molecule has 1 aliphatic heterocycles. The topological polar surface area (TPSA) is 41.1 Å². The Kier molecular flexibility index (Phi) is 7.21. The van der Waals surface area contributed by atoms with Crippen LogP contribution in [0.1, 0.15) is 49.7 Å². The summed E-state index contributed by atoms with van der Waals surface area (Å²) < 4.78 is 15.0. The molecule has 3 rings (SSSR count). The number of rotatable bonds is 7. The molecule has 0 saturated carbocycles. The van der Waals surface area contributed by atoms with Gasteiger partial charge in [-0.05, 0) is 74.7 Å². The van der Waals surface area contributed by atoms with Gasteiger partial charge in [0, 0.05) is 19.0 Å². The lowest BCUT2D eigenvalue weighted by Crippen LogP contribution is -2.34. The molecule has 150 valence electrons. The van der Waals surface area contributed by atoms with E-state index in [9.17, 15) is 4.79 Å². The Morgan fingerprint density at radius 2 is 2.11 bits per heavy atom. The minimum Gasteiger partial charge on any atom is -0.356 e. The van der Waals surface area contributed by atoms with Gasteiger partial charge in [-0.3, -0.25) is 4.79 Å². The van der Waals surface area contributed by atoms with Gasteiger partial charge >= 0.3 is 0 Å². The summed E-state index contributed by atoms with van der Waals surface area (Å²) in [5.74, 6) is 0.602. The zero-order valence-corrected chi connectivity index (χ0v) is 16.9. The van der Waals surface area contributed by atoms with E-state index >= 15 is 4.39 Å². The van der Waals surface area contributed by atoms with Crippen molar-refractivity contribution in [2.24, 2.45) is 5.92 Å².